The molecule has 1 fully saturated rings. The van der Waals surface area contributed by atoms with Crippen molar-refractivity contribution in [2.24, 2.45) is 5.92 Å². The Bertz CT molecular complexity index is 1460. The first-order chi connectivity index (χ1) is 20.1. The number of nitrogen functional groups attached to an aromatic ring is 1. The summed E-state index contributed by atoms with van der Waals surface area (Å²) in [6.07, 6.45) is -1.56. The van der Waals surface area contributed by atoms with E-state index in [9.17, 15) is 24.8 Å². The van der Waals surface area contributed by atoms with Gasteiger partial charge in [0.2, 0.25) is 5.60 Å². The second-order valence-electron chi connectivity index (χ2n) is 10.1. The summed E-state index contributed by atoms with van der Waals surface area (Å²) in [5.74, 6) is -0.263. The van der Waals surface area contributed by atoms with Crippen LogP contribution in [0.25, 0.3) is 5.52 Å². The molecule has 0 amide bonds. The Kier molecular flexibility index (Phi) is 9.89. The number of ether oxygens (including phenoxy) is 2. The molecule has 0 radical (unpaired) electrons. The number of anilines is 1. The quantitative estimate of drug-likeness (QED) is 0.166. The normalized spacial score (nSPS) is 24.3. The highest BCUT2D eigenvalue weighted by Crippen LogP contribution is 2.47. The summed E-state index contributed by atoms with van der Waals surface area (Å²) in [4.78, 5) is 12.7. The molecule has 0 saturated carbocycles. The number of carbonyl (C=O) groups is 1. The molecule has 0 aliphatic carbocycles. The topological polar surface area (TPSA) is 191 Å². The minimum absolute atomic E-state index is 0.136. The molecule has 14 heteroatoms. The molecule has 0 bridgehead atoms. The molecule has 1 aliphatic heterocycles. The number of para-hydroxylation sites is 1. The van der Waals surface area contributed by atoms with Crippen molar-refractivity contribution in [3.63, 3.8) is 0 Å². The van der Waals surface area contributed by atoms with E-state index in [-0.39, 0.29) is 24.0 Å². The Morgan fingerprint density at radius 3 is 2.62 bits per heavy atom. The molecule has 0 spiro atoms. The Balaban J connectivity index is 1.53. The number of nitrogens with one attached hydrogen (secondary N) is 1. The van der Waals surface area contributed by atoms with Gasteiger partial charge in [0.1, 0.15) is 36.2 Å². The number of rotatable bonds is 13. The third kappa shape index (κ3) is 6.44. The van der Waals surface area contributed by atoms with Crippen molar-refractivity contribution in [2.75, 3.05) is 18.9 Å². The maximum atomic E-state index is 13.9. The Labute approximate surface area is 243 Å². The first-order valence-electron chi connectivity index (χ1n) is 13.7. The predicted octanol–water partition coefficient (Wildman–Crippen LogP) is 2.92. The van der Waals surface area contributed by atoms with E-state index in [2.05, 4.69) is 10.2 Å². The van der Waals surface area contributed by atoms with Gasteiger partial charge in [0.15, 0.2) is 0 Å². The SMILES string of the molecule is CCC(CC)COC(=O)[C@H](C)NP(=O)(OCC1O[C@@](C#N)(c2ccc3c(N)ccnn23)[C@H](O)[C@@H]1O)Oc1ccccc1. The number of carbonyl (C=O) groups excluding carboxylic acids is 1. The maximum absolute atomic E-state index is 13.9. The monoisotopic (exact) mass is 601 g/mol. The zero-order valence-corrected chi connectivity index (χ0v) is 24.5. The summed E-state index contributed by atoms with van der Waals surface area (Å²) in [6, 6.07) is 13.7. The molecule has 3 heterocycles. The average Bonchev–Trinajstić information content (AvgIpc) is 3.53. The summed E-state index contributed by atoms with van der Waals surface area (Å²) in [5, 5.41) is 38.8. The van der Waals surface area contributed by atoms with E-state index in [0.29, 0.717) is 11.2 Å². The van der Waals surface area contributed by atoms with Crippen molar-refractivity contribution in [1.29, 1.82) is 5.26 Å². The van der Waals surface area contributed by atoms with Crippen LogP contribution >= 0.6 is 7.75 Å². The first kappa shape index (κ1) is 31.4. The number of aliphatic hydroxyl groups excluding tert-OH is 2. The zero-order valence-electron chi connectivity index (χ0n) is 23.6. The molecular formula is C28H36N5O8P. The van der Waals surface area contributed by atoms with E-state index in [1.807, 2.05) is 19.9 Å². The minimum Gasteiger partial charge on any atom is -0.464 e. The standard InChI is InChI=1S/C28H36N5O8P/c1-4-19(5-2)15-38-27(36)18(3)32-42(37,41-20-9-7-6-8-10-20)39-16-23-25(34)26(35)28(17-29,40-23)24-12-11-22-21(30)13-14-31-33(22)24/h6-14,18-19,23,25-26,34-35H,4-5,15-16,30H2,1-3H3,(H,32,37)/t18-,23?,25+,26+,28-,42?/m0/s1. The number of hydrogen-bond acceptors (Lipinski definition) is 11. The summed E-state index contributed by atoms with van der Waals surface area (Å²) in [6.45, 7) is 5.10. The van der Waals surface area contributed by atoms with Crippen LogP contribution in [-0.4, -0.2) is 63.4 Å². The number of aliphatic hydroxyl groups is 2. The third-order valence-electron chi connectivity index (χ3n) is 7.29. The molecule has 1 aliphatic rings. The average molecular weight is 602 g/mol. The van der Waals surface area contributed by atoms with Gasteiger partial charge in [0, 0.05) is 6.20 Å². The highest BCUT2D eigenvalue weighted by molar-refractivity contribution is 7.52. The number of fused-ring (bicyclic) bond motifs is 1. The van der Waals surface area contributed by atoms with E-state index >= 15 is 0 Å². The summed E-state index contributed by atoms with van der Waals surface area (Å²) in [7, 11) is -4.31. The van der Waals surface area contributed by atoms with Gasteiger partial charge in [-0.2, -0.15) is 15.4 Å². The number of nitrogens with two attached hydrogens (primary N) is 1. The molecule has 1 saturated heterocycles. The Morgan fingerprint density at radius 2 is 1.95 bits per heavy atom. The Hall–Kier alpha value is -3.50. The second-order valence-corrected chi connectivity index (χ2v) is 11.8. The van der Waals surface area contributed by atoms with Gasteiger partial charge in [0.05, 0.1) is 30.1 Å². The molecule has 2 unspecified atom stereocenters. The molecule has 5 N–H and O–H groups in total. The van der Waals surface area contributed by atoms with Crippen LogP contribution in [-0.2, 0) is 29.0 Å². The molecule has 2 aromatic heterocycles. The van der Waals surface area contributed by atoms with Crippen molar-refractivity contribution in [3.05, 3.63) is 60.4 Å². The van der Waals surface area contributed by atoms with Gasteiger partial charge in [-0.3, -0.25) is 9.32 Å². The number of benzene rings is 1. The van der Waals surface area contributed by atoms with Crippen LogP contribution in [0.1, 0.15) is 39.3 Å². The van der Waals surface area contributed by atoms with Gasteiger partial charge in [-0.1, -0.05) is 44.9 Å². The molecule has 4 rings (SSSR count). The van der Waals surface area contributed by atoms with Gasteiger partial charge >= 0.3 is 13.7 Å². The van der Waals surface area contributed by atoms with E-state index in [1.165, 1.54) is 23.7 Å². The lowest BCUT2D eigenvalue weighted by molar-refractivity contribution is -0.146. The van der Waals surface area contributed by atoms with Gasteiger partial charge < -0.3 is 29.9 Å². The number of aromatic nitrogens is 2. The number of esters is 1. The smallest absolute Gasteiger partial charge is 0.459 e. The van der Waals surface area contributed by atoms with Crippen molar-refractivity contribution < 1.29 is 38.1 Å². The van der Waals surface area contributed by atoms with Crippen LogP contribution < -0.4 is 15.3 Å². The second kappa shape index (κ2) is 13.2. The van der Waals surface area contributed by atoms with Gasteiger partial charge in [0.25, 0.3) is 0 Å². The van der Waals surface area contributed by atoms with Crippen LogP contribution in [0.15, 0.2) is 54.7 Å². The fourth-order valence-electron chi connectivity index (χ4n) is 4.66. The maximum Gasteiger partial charge on any atom is 0.459 e. The molecule has 13 nitrogen and oxygen atoms in total. The van der Waals surface area contributed by atoms with E-state index in [0.717, 1.165) is 12.8 Å². The van der Waals surface area contributed by atoms with Gasteiger partial charge in [-0.15, -0.1) is 0 Å². The Morgan fingerprint density at radius 1 is 1.24 bits per heavy atom. The fraction of sp³-hybridized carbons (Fsp3) is 0.464. The fourth-order valence-corrected chi connectivity index (χ4v) is 6.16. The largest absolute Gasteiger partial charge is 0.464 e. The number of nitrogens with zero attached hydrogens (tertiary/aromatic N) is 3. The first-order valence-corrected chi connectivity index (χ1v) is 15.2. The lowest BCUT2D eigenvalue weighted by Crippen LogP contribution is -2.41. The summed E-state index contributed by atoms with van der Waals surface area (Å²) >= 11 is 0. The van der Waals surface area contributed by atoms with Crippen LogP contribution in [0.3, 0.4) is 0 Å². The third-order valence-corrected chi connectivity index (χ3v) is 8.93. The van der Waals surface area contributed by atoms with Crippen LogP contribution in [0.4, 0.5) is 5.69 Å². The van der Waals surface area contributed by atoms with Gasteiger partial charge in [-0.25, -0.2) is 9.08 Å². The van der Waals surface area contributed by atoms with Crippen molar-refractivity contribution >= 4 is 24.9 Å². The van der Waals surface area contributed by atoms with Gasteiger partial charge in [-0.05, 0) is 43.2 Å². The van der Waals surface area contributed by atoms with Crippen LogP contribution in [0, 0.1) is 17.2 Å². The van der Waals surface area contributed by atoms with E-state index in [4.69, 9.17) is 24.3 Å². The zero-order chi connectivity index (χ0) is 30.5. The molecule has 3 aromatic rings. The van der Waals surface area contributed by atoms with Crippen LogP contribution in [0.2, 0.25) is 0 Å². The molecule has 226 valence electrons. The highest BCUT2D eigenvalue weighted by Gasteiger charge is 2.58. The highest BCUT2D eigenvalue weighted by atomic mass is 31.2. The number of hydrogen-bond donors (Lipinski definition) is 4. The predicted molar refractivity (Wildman–Crippen MR) is 152 cm³/mol. The lowest BCUT2D eigenvalue weighted by atomic mass is 9.92. The minimum atomic E-state index is -4.31. The van der Waals surface area contributed by atoms with E-state index < -0.39 is 50.3 Å². The van der Waals surface area contributed by atoms with E-state index in [1.54, 1.807) is 42.5 Å². The lowest BCUT2D eigenvalue weighted by Gasteiger charge is -2.25. The number of nitriles is 1. The van der Waals surface area contributed by atoms with Crippen molar-refractivity contribution in [2.45, 2.75) is 63.6 Å². The molecule has 42 heavy (non-hydrogen) atoms. The summed E-state index contributed by atoms with van der Waals surface area (Å²) < 4.78 is 37.9. The van der Waals surface area contributed by atoms with Crippen molar-refractivity contribution in [1.82, 2.24) is 14.7 Å². The van der Waals surface area contributed by atoms with Crippen molar-refractivity contribution in [3.8, 4) is 11.8 Å². The molecule has 1 aromatic carbocycles. The molecular weight excluding hydrogens is 565 g/mol. The summed E-state index contributed by atoms with van der Waals surface area (Å²) in [5.41, 5.74) is 4.95. The van der Waals surface area contributed by atoms with Crippen LogP contribution in [0.5, 0.6) is 5.75 Å². The molecule has 6 atom stereocenters.